The van der Waals surface area contributed by atoms with E-state index in [1.165, 1.54) is 6.07 Å². The lowest BCUT2D eigenvalue weighted by Gasteiger charge is -2.26. The first-order valence-corrected chi connectivity index (χ1v) is 6.08. The first kappa shape index (κ1) is 10.8. The molecule has 0 amide bonds. The second-order valence-electron chi connectivity index (χ2n) is 4.53. The molecule has 1 heterocycles. The molecule has 0 bridgehead atoms. The molecule has 1 saturated carbocycles. The van der Waals surface area contributed by atoms with E-state index >= 15 is 0 Å². The molecule has 2 aliphatic rings. The van der Waals surface area contributed by atoms with E-state index in [1.54, 1.807) is 12.1 Å². The molecular weight excluding hydrogens is 241 g/mol. The van der Waals surface area contributed by atoms with Gasteiger partial charge in [0.05, 0.1) is 17.6 Å². The Morgan fingerprint density at radius 3 is 2.82 bits per heavy atom. The molecule has 2 N–H and O–H groups in total. The fourth-order valence-electron chi connectivity index (χ4n) is 2.29. The first-order valence-electron chi connectivity index (χ1n) is 5.70. The topological polar surface area (TPSA) is 41.6 Å². The molecule has 90 valence electrons. The zero-order valence-electron chi connectivity index (χ0n) is 9.24. The Morgan fingerprint density at radius 2 is 2.18 bits per heavy atom. The molecule has 0 saturated heterocycles. The van der Waals surface area contributed by atoms with E-state index in [9.17, 15) is 4.39 Å². The van der Waals surface area contributed by atoms with E-state index in [0.29, 0.717) is 18.5 Å². The fraction of sp³-hybridized carbons (Fsp3) is 0.417. The monoisotopic (exact) mass is 253 g/mol. The van der Waals surface area contributed by atoms with Gasteiger partial charge in [-0.25, -0.2) is 4.39 Å². The van der Waals surface area contributed by atoms with Crippen LogP contribution in [0.25, 0.3) is 0 Å². The summed E-state index contributed by atoms with van der Waals surface area (Å²) in [5.74, 6) is 0.207. The molecule has 3 nitrogen and oxygen atoms in total. The zero-order valence-corrected chi connectivity index (χ0v) is 9.99. The summed E-state index contributed by atoms with van der Waals surface area (Å²) in [7, 11) is 0. The fourth-order valence-corrected chi connectivity index (χ4v) is 2.48. The lowest BCUT2D eigenvalue weighted by molar-refractivity contribution is 0.338. The van der Waals surface area contributed by atoms with E-state index in [4.69, 9.17) is 17.3 Å². The van der Waals surface area contributed by atoms with Crippen LogP contribution in [0, 0.1) is 5.82 Å². The van der Waals surface area contributed by atoms with Gasteiger partial charge < -0.3 is 10.6 Å². The van der Waals surface area contributed by atoms with Crippen molar-refractivity contribution in [3.63, 3.8) is 0 Å². The summed E-state index contributed by atoms with van der Waals surface area (Å²) in [6.45, 7) is 0.629. The molecule has 1 aromatic rings. The number of hydrogen-bond donors (Lipinski definition) is 1. The summed E-state index contributed by atoms with van der Waals surface area (Å²) in [6.07, 6.45) is 2.31. The average Bonchev–Trinajstić information content (AvgIpc) is 3.06. The van der Waals surface area contributed by atoms with Gasteiger partial charge in [0.15, 0.2) is 5.96 Å². The maximum atomic E-state index is 13.1. The summed E-state index contributed by atoms with van der Waals surface area (Å²) < 4.78 is 13.1. The van der Waals surface area contributed by atoms with Gasteiger partial charge in [-0.05, 0) is 30.5 Å². The van der Waals surface area contributed by atoms with Crippen LogP contribution in [0.1, 0.15) is 24.4 Å². The van der Waals surface area contributed by atoms with E-state index in [2.05, 4.69) is 9.89 Å². The number of benzene rings is 1. The minimum absolute atomic E-state index is 0.112. The van der Waals surface area contributed by atoms with Gasteiger partial charge in [0.2, 0.25) is 0 Å². The van der Waals surface area contributed by atoms with Crippen LogP contribution in [0.3, 0.4) is 0 Å². The summed E-state index contributed by atoms with van der Waals surface area (Å²) in [5, 5.41) is 0.156. The molecular formula is C12H13ClFN3. The Labute approximate surface area is 104 Å². The van der Waals surface area contributed by atoms with Gasteiger partial charge in [-0.2, -0.15) is 0 Å². The molecule has 1 aliphatic heterocycles. The number of nitrogens with two attached hydrogens (primary N) is 1. The van der Waals surface area contributed by atoms with Crippen LogP contribution in [0.2, 0.25) is 5.02 Å². The summed E-state index contributed by atoms with van der Waals surface area (Å²) in [5.41, 5.74) is 6.86. The smallest absolute Gasteiger partial charge is 0.192 e. The Hall–Kier alpha value is -1.29. The molecule has 0 aromatic heterocycles. The highest BCUT2D eigenvalue weighted by molar-refractivity contribution is 6.30. The Kier molecular flexibility index (Phi) is 2.47. The van der Waals surface area contributed by atoms with Crippen molar-refractivity contribution in [3.8, 4) is 0 Å². The van der Waals surface area contributed by atoms with E-state index in [1.807, 2.05) is 0 Å². The Balaban J connectivity index is 1.91. The number of nitrogens with zero attached hydrogens (tertiary/aromatic N) is 2. The standard InChI is InChI=1S/C12H13ClFN3/c13-9-5-7(1-4-10(9)14)11-6-16-12(15)17(11)8-2-3-8/h1,4-5,8,11H,2-3,6H2,(H2,15,16). The van der Waals surface area contributed by atoms with Crippen molar-refractivity contribution in [2.45, 2.75) is 24.9 Å². The Bertz CT molecular complexity index is 485. The summed E-state index contributed by atoms with van der Waals surface area (Å²) >= 11 is 5.81. The second-order valence-corrected chi connectivity index (χ2v) is 4.93. The van der Waals surface area contributed by atoms with Gasteiger partial charge in [0, 0.05) is 6.04 Å². The van der Waals surface area contributed by atoms with Crippen molar-refractivity contribution in [1.29, 1.82) is 0 Å². The molecule has 1 fully saturated rings. The third kappa shape index (κ3) is 1.86. The van der Waals surface area contributed by atoms with Crippen molar-refractivity contribution < 1.29 is 4.39 Å². The largest absolute Gasteiger partial charge is 0.370 e. The molecule has 1 unspecified atom stereocenters. The maximum Gasteiger partial charge on any atom is 0.192 e. The summed E-state index contributed by atoms with van der Waals surface area (Å²) in [6, 6.07) is 5.44. The molecule has 0 radical (unpaired) electrons. The highest BCUT2D eigenvalue weighted by atomic mass is 35.5. The van der Waals surface area contributed by atoms with Crippen molar-refractivity contribution >= 4 is 17.6 Å². The highest BCUT2D eigenvalue weighted by Crippen LogP contribution is 2.37. The Morgan fingerprint density at radius 1 is 1.41 bits per heavy atom. The molecule has 3 rings (SSSR count). The molecule has 0 spiro atoms. The number of hydrogen-bond acceptors (Lipinski definition) is 3. The lowest BCUT2D eigenvalue weighted by atomic mass is 10.1. The minimum Gasteiger partial charge on any atom is -0.370 e. The second kappa shape index (κ2) is 3.88. The van der Waals surface area contributed by atoms with Crippen LogP contribution in [-0.4, -0.2) is 23.4 Å². The number of aliphatic imine (C=N–C) groups is 1. The first-order chi connectivity index (χ1) is 8.16. The average molecular weight is 254 g/mol. The number of guanidine groups is 1. The van der Waals surface area contributed by atoms with Crippen molar-refractivity contribution in [1.82, 2.24) is 4.90 Å². The maximum absolute atomic E-state index is 13.1. The van der Waals surface area contributed by atoms with Gasteiger partial charge in [-0.3, -0.25) is 4.99 Å². The van der Waals surface area contributed by atoms with Crippen LogP contribution >= 0.6 is 11.6 Å². The van der Waals surface area contributed by atoms with E-state index < -0.39 is 0 Å². The SMILES string of the molecule is NC1=NCC(c2ccc(F)c(Cl)c2)N1C1CC1. The third-order valence-corrected chi connectivity index (χ3v) is 3.58. The molecule has 17 heavy (non-hydrogen) atoms. The van der Waals surface area contributed by atoms with Crippen LogP contribution in [0.15, 0.2) is 23.2 Å². The molecule has 5 heteroatoms. The predicted molar refractivity (Wildman–Crippen MR) is 65.5 cm³/mol. The van der Waals surface area contributed by atoms with Gasteiger partial charge in [0.1, 0.15) is 5.82 Å². The normalized spacial score (nSPS) is 24.0. The highest BCUT2D eigenvalue weighted by Gasteiger charge is 2.38. The van der Waals surface area contributed by atoms with Crippen molar-refractivity contribution in [2.24, 2.45) is 10.7 Å². The van der Waals surface area contributed by atoms with E-state index in [-0.39, 0.29) is 16.9 Å². The minimum atomic E-state index is -0.389. The van der Waals surface area contributed by atoms with Crippen LogP contribution in [-0.2, 0) is 0 Å². The van der Waals surface area contributed by atoms with E-state index in [0.717, 1.165) is 18.4 Å². The van der Waals surface area contributed by atoms with Gasteiger partial charge in [-0.15, -0.1) is 0 Å². The van der Waals surface area contributed by atoms with Crippen LogP contribution in [0.4, 0.5) is 4.39 Å². The third-order valence-electron chi connectivity index (χ3n) is 3.30. The number of halogens is 2. The van der Waals surface area contributed by atoms with Gasteiger partial charge >= 0.3 is 0 Å². The van der Waals surface area contributed by atoms with Crippen molar-refractivity contribution in [3.05, 3.63) is 34.6 Å². The molecule has 1 aromatic carbocycles. The molecule has 1 aliphatic carbocycles. The summed E-state index contributed by atoms with van der Waals surface area (Å²) in [4.78, 5) is 6.40. The predicted octanol–water partition coefficient (Wildman–Crippen LogP) is 2.31. The quantitative estimate of drug-likeness (QED) is 0.879. The lowest BCUT2D eigenvalue weighted by Crippen LogP contribution is -2.37. The van der Waals surface area contributed by atoms with Gasteiger partial charge in [0.25, 0.3) is 0 Å². The number of rotatable bonds is 2. The van der Waals surface area contributed by atoms with Gasteiger partial charge in [-0.1, -0.05) is 17.7 Å². The van der Waals surface area contributed by atoms with Crippen LogP contribution < -0.4 is 5.73 Å². The van der Waals surface area contributed by atoms with Crippen molar-refractivity contribution in [2.75, 3.05) is 6.54 Å². The zero-order chi connectivity index (χ0) is 12.0. The molecule has 1 atom stereocenters. The van der Waals surface area contributed by atoms with Crippen LogP contribution in [0.5, 0.6) is 0 Å².